The van der Waals surface area contributed by atoms with Gasteiger partial charge in [-0.1, -0.05) is 0 Å². The van der Waals surface area contributed by atoms with Gasteiger partial charge in [-0.25, -0.2) is 9.97 Å². The van der Waals surface area contributed by atoms with E-state index >= 15 is 0 Å². The molecule has 1 atom stereocenters. The number of aromatic nitrogens is 2. The van der Waals surface area contributed by atoms with Gasteiger partial charge in [0.15, 0.2) is 0 Å². The number of nitrogens with two attached hydrogens (primary N) is 2. The van der Waals surface area contributed by atoms with Crippen molar-refractivity contribution < 1.29 is 4.74 Å². The molecule has 1 fully saturated rings. The first kappa shape index (κ1) is 9.21. The Balaban J connectivity index is 2.05. The fraction of sp³-hybridized carbons (Fsp3) is 0.556. The summed E-state index contributed by atoms with van der Waals surface area (Å²) in [5, 5.41) is 0. The van der Waals surface area contributed by atoms with E-state index in [4.69, 9.17) is 16.2 Å². The van der Waals surface area contributed by atoms with E-state index in [1.54, 1.807) is 6.20 Å². The van der Waals surface area contributed by atoms with Crippen LogP contribution in [0.5, 0.6) is 0 Å². The van der Waals surface area contributed by atoms with Gasteiger partial charge in [0.1, 0.15) is 11.6 Å². The summed E-state index contributed by atoms with van der Waals surface area (Å²) < 4.78 is 5.47. The first-order valence-electron chi connectivity index (χ1n) is 4.74. The molecule has 1 aromatic heterocycles. The quantitative estimate of drug-likeness (QED) is 0.710. The molecule has 1 aliphatic rings. The molecule has 0 aromatic carbocycles. The van der Waals surface area contributed by atoms with Crippen molar-refractivity contribution in [3.63, 3.8) is 0 Å². The lowest BCUT2D eigenvalue weighted by Gasteiger charge is -2.08. The summed E-state index contributed by atoms with van der Waals surface area (Å²) in [4.78, 5) is 8.20. The van der Waals surface area contributed by atoms with Crippen LogP contribution in [0.15, 0.2) is 6.20 Å². The number of nitrogens with zero attached hydrogens (tertiary/aromatic N) is 2. The molecule has 1 aromatic rings. The molecular weight excluding hydrogens is 180 g/mol. The van der Waals surface area contributed by atoms with Crippen LogP contribution in [0, 0.1) is 0 Å². The lowest BCUT2D eigenvalue weighted by atomic mass is 10.2. The maximum Gasteiger partial charge on any atom is 0.150 e. The number of hydrogen-bond acceptors (Lipinski definition) is 5. The summed E-state index contributed by atoms with van der Waals surface area (Å²) in [5.41, 5.74) is 11.5. The molecule has 0 amide bonds. The first-order chi connectivity index (χ1) is 6.75. The molecule has 0 radical (unpaired) electrons. The third-order valence-electron chi connectivity index (χ3n) is 2.33. The highest BCUT2D eigenvalue weighted by atomic mass is 16.5. The predicted octanol–water partition coefficient (Wildman–Crippen LogP) is 0.362. The Morgan fingerprint density at radius 3 is 3.00 bits per heavy atom. The Kier molecular flexibility index (Phi) is 2.49. The van der Waals surface area contributed by atoms with Gasteiger partial charge in [-0.2, -0.15) is 0 Å². The van der Waals surface area contributed by atoms with Crippen molar-refractivity contribution in [3.8, 4) is 0 Å². The molecule has 1 saturated heterocycles. The number of ether oxygens (including phenoxy) is 1. The lowest BCUT2D eigenvalue weighted by Crippen LogP contribution is -2.13. The topological polar surface area (TPSA) is 87.0 Å². The molecule has 0 unspecified atom stereocenters. The summed E-state index contributed by atoms with van der Waals surface area (Å²) in [6.45, 7) is 0.842. The van der Waals surface area contributed by atoms with Crippen LogP contribution in [0.3, 0.4) is 0 Å². The maximum absolute atomic E-state index is 5.58. The molecule has 1 aliphatic heterocycles. The molecular formula is C9H14N4O. The van der Waals surface area contributed by atoms with Gasteiger partial charge in [0, 0.05) is 13.0 Å². The standard InChI is InChI=1S/C9H14N4O/c10-7-5-12-8(13-9(7)11)4-6-2-1-3-14-6/h5-6H,1-4,10H2,(H2,11,12,13)/t6-/m1/s1. The van der Waals surface area contributed by atoms with Crippen LogP contribution in [-0.4, -0.2) is 22.7 Å². The third kappa shape index (κ3) is 1.93. The summed E-state index contributed by atoms with van der Waals surface area (Å²) >= 11 is 0. The zero-order valence-corrected chi connectivity index (χ0v) is 7.94. The monoisotopic (exact) mass is 194 g/mol. The van der Waals surface area contributed by atoms with Crippen LogP contribution < -0.4 is 11.5 Å². The molecule has 5 heteroatoms. The van der Waals surface area contributed by atoms with Crippen LogP contribution in [0.25, 0.3) is 0 Å². The van der Waals surface area contributed by atoms with Gasteiger partial charge in [0.05, 0.1) is 18.0 Å². The number of rotatable bonds is 2. The fourth-order valence-electron chi connectivity index (χ4n) is 1.55. The molecule has 14 heavy (non-hydrogen) atoms. The lowest BCUT2D eigenvalue weighted by molar-refractivity contribution is 0.110. The third-order valence-corrected chi connectivity index (χ3v) is 2.33. The average molecular weight is 194 g/mol. The van der Waals surface area contributed by atoms with Gasteiger partial charge in [0.2, 0.25) is 0 Å². The van der Waals surface area contributed by atoms with Crippen LogP contribution in [0.2, 0.25) is 0 Å². The van der Waals surface area contributed by atoms with Gasteiger partial charge >= 0.3 is 0 Å². The Hall–Kier alpha value is -1.36. The van der Waals surface area contributed by atoms with Crippen LogP contribution in [0.4, 0.5) is 11.5 Å². The minimum atomic E-state index is 0.248. The zero-order valence-electron chi connectivity index (χ0n) is 7.94. The van der Waals surface area contributed by atoms with Gasteiger partial charge in [-0.15, -0.1) is 0 Å². The Morgan fingerprint density at radius 1 is 1.50 bits per heavy atom. The second kappa shape index (κ2) is 3.79. The van der Waals surface area contributed by atoms with E-state index in [1.807, 2.05) is 0 Å². The highest BCUT2D eigenvalue weighted by Gasteiger charge is 2.17. The largest absolute Gasteiger partial charge is 0.394 e. The molecule has 76 valence electrons. The van der Waals surface area contributed by atoms with Crippen molar-refractivity contribution in [1.82, 2.24) is 9.97 Å². The van der Waals surface area contributed by atoms with E-state index < -0.39 is 0 Å². The van der Waals surface area contributed by atoms with Crippen LogP contribution in [-0.2, 0) is 11.2 Å². The average Bonchev–Trinajstić information content (AvgIpc) is 2.64. The van der Waals surface area contributed by atoms with Crippen molar-refractivity contribution >= 4 is 11.5 Å². The maximum atomic E-state index is 5.58. The molecule has 0 bridgehead atoms. The van der Waals surface area contributed by atoms with E-state index in [0.717, 1.165) is 25.9 Å². The predicted molar refractivity (Wildman–Crippen MR) is 53.5 cm³/mol. The number of nitrogen functional groups attached to an aromatic ring is 2. The Labute approximate surface area is 82.5 Å². The van der Waals surface area contributed by atoms with Crippen molar-refractivity contribution in [1.29, 1.82) is 0 Å². The molecule has 0 aliphatic carbocycles. The smallest absolute Gasteiger partial charge is 0.150 e. The molecule has 0 saturated carbocycles. The van der Waals surface area contributed by atoms with E-state index in [-0.39, 0.29) is 6.10 Å². The molecule has 0 spiro atoms. The van der Waals surface area contributed by atoms with Crippen molar-refractivity contribution in [2.45, 2.75) is 25.4 Å². The van der Waals surface area contributed by atoms with Crippen molar-refractivity contribution in [2.75, 3.05) is 18.1 Å². The summed E-state index contributed by atoms with van der Waals surface area (Å²) in [6.07, 6.45) is 4.72. The number of hydrogen-bond donors (Lipinski definition) is 2. The normalized spacial score (nSPS) is 21.3. The SMILES string of the molecule is Nc1cnc(C[C@H]2CCCO2)nc1N. The van der Waals surface area contributed by atoms with E-state index in [1.165, 1.54) is 0 Å². The van der Waals surface area contributed by atoms with E-state index in [9.17, 15) is 0 Å². The minimum absolute atomic E-state index is 0.248. The zero-order chi connectivity index (χ0) is 9.97. The summed E-state index contributed by atoms with van der Waals surface area (Å²) in [7, 11) is 0. The van der Waals surface area contributed by atoms with Gasteiger partial charge in [0.25, 0.3) is 0 Å². The summed E-state index contributed by atoms with van der Waals surface area (Å²) in [5.74, 6) is 1.07. The second-order valence-electron chi connectivity index (χ2n) is 3.47. The Bertz CT molecular complexity index is 323. The molecule has 5 nitrogen and oxygen atoms in total. The summed E-state index contributed by atoms with van der Waals surface area (Å²) in [6, 6.07) is 0. The Morgan fingerprint density at radius 2 is 2.36 bits per heavy atom. The van der Waals surface area contributed by atoms with E-state index in [2.05, 4.69) is 9.97 Å². The number of anilines is 2. The van der Waals surface area contributed by atoms with Crippen molar-refractivity contribution in [2.24, 2.45) is 0 Å². The van der Waals surface area contributed by atoms with Gasteiger partial charge in [-0.05, 0) is 12.8 Å². The van der Waals surface area contributed by atoms with Crippen LogP contribution >= 0.6 is 0 Å². The van der Waals surface area contributed by atoms with Crippen LogP contribution in [0.1, 0.15) is 18.7 Å². The highest BCUT2D eigenvalue weighted by Crippen LogP contribution is 2.16. The minimum Gasteiger partial charge on any atom is -0.394 e. The highest BCUT2D eigenvalue weighted by molar-refractivity contribution is 5.55. The molecule has 4 N–H and O–H groups in total. The van der Waals surface area contributed by atoms with E-state index in [0.29, 0.717) is 17.3 Å². The first-order valence-corrected chi connectivity index (χ1v) is 4.74. The molecule has 2 rings (SSSR count). The molecule has 2 heterocycles. The van der Waals surface area contributed by atoms with Gasteiger partial charge < -0.3 is 16.2 Å². The fourth-order valence-corrected chi connectivity index (χ4v) is 1.55. The second-order valence-corrected chi connectivity index (χ2v) is 3.47. The van der Waals surface area contributed by atoms with Gasteiger partial charge in [-0.3, -0.25) is 0 Å². The van der Waals surface area contributed by atoms with Crippen molar-refractivity contribution in [3.05, 3.63) is 12.0 Å².